The monoisotopic (exact) mass is 469 g/mol. The molecule has 0 spiro atoms. The normalized spacial score (nSPS) is 17.4. The Morgan fingerprint density at radius 1 is 0.912 bits per heavy atom. The number of anilines is 1. The van der Waals surface area contributed by atoms with Crippen molar-refractivity contribution in [2.24, 2.45) is 0 Å². The van der Waals surface area contributed by atoms with E-state index in [1.807, 2.05) is 42.5 Å². The van der Waals surface area contributed by atoms with Crippen molar-refractivity contribution >= 4 is 45.5 Å². The van der Waals surface area contributed by atoms with Crippen LogP contribution >= 0.6 is 11.6 Å². The molecule has 1 fully saturated rings. The molecule has 5 rings (SSSR count). The molecule has 168 valence electrons. The summed E-state index contributed by atoms with van der Waals surface area (Å²) in [6, 6.07) is 26.1. The molecule has 1 aliphatic heterocycles. The molecular formula is C28H20ClNO4. The third kappa shape index (κ3) is 3.60. The molecule has 1 N–H and O–H groups in total. The lowest BCUT2D eigenvalue weighted by Crippen LogP contribution is -2.29. The van der Waals surface area contributed by atoms with E-state index in [2.05, 4.69) is 0 Å². The van der Waals surface area contributed by atoms with Crippen LogP contribution in [0.4, 0.5) is 5.69 Å². The van der Waals surface area contributed by atoms with Crippen LogP contribution in [0, 0.1) is 0 Å². The highest BCUT2D eigenvalue weighted by Crippen LogP contribution is 2.44. The van der Waals surface area contributed by atoms with Gasteiger partial charge in [-0.15, -0.1) is 0 Å². The zero-order chi connectivity index (χ0) is 23.8. The van der Waals surface area contributed by atoms with Crippen LogP contribution in [0.5, 0.6) is 5.75 Å². The second-order valence-electron chi connectivity index (χ2n) is 7.95. The summed E-state index contributed by atoms with van der Waals surface area (Å²) < 4.78 is 5.25. The molecule has 1 saturated heterocycles. The van der Waals surface area contributed by atoms with Crippen molar-refractivity contribution < 1.29 is 19.4 Å². The van der Waals surface area contributed by atoms with Crippen LogP contribution in [-0.4, -0.2) is 23.9 Å². The maximum atomic E-state index is 13.4. The van der Waals surface area contributed by atoms with E-state index in [0.717, 1.165) is 16.3 Å². The molecular weight excluding hydrogens is 450 g/mol. The second-order valence-corrected chi connectivity index (χ2v) is 8.38. The number of rotatable bonds is 4. The minimum Gasteiger partial charge on any atom is -0.507 e. The first kappa shape index (κ1) is 21.7. The molecule has 34 heavy (non-hydrogen) atoms. The summed E-state index contributed by atoms with van der Waals surface area (Å²) >= 11 is 6.14. The SMILES string of the molecule is COc1ccc(N2C(=O)C(=O)/C(=C(\O)c3cccc(Cl)c3)C2c2cccc3ccccc23)cc1. The number of ether oxygens (including phenoxy) is 1. The van der Waals surface area contributed by atoms with Gasteiger partial charge in [0.05, 0.1) is 18.7 Å². The van der Waals surface area contributed by atoms with Crippen LogP contribution in [0.1, 0.15) is 17.2 Å². The Labute approximate surface area is 201 Å². The molecule has 4 aromatic rings. The number of carbonyl (C=O) groups is 2. The van der Waals surface area contributed by atoms with Crippen molar-refractivity contribution in [3.05, 3.63) is 113 Å². The average Bonchev–Trinajstić information content (AvgIpc) is 3.13. The molecule has 6 heteroatoms. The van der Waals surface area contributed by atoms with Gasteiger partial charge in [-0.2, -0.15) is 0 Å². The Morgan fingerprint density at radius 3 is 2.35 bits per heavy atom. The van der Waals surface area contributed by atoms with Crippen LogP contribution < -0.4 is 9.64 Å². The van der Waals surface area contributed by atoms with Gasteiger partial charge in [0, 0.05) is 16.3 Å². The first-order valence-corrected chi connectivity index (χ1v) is 11.1. The van der Waals surface area contributed by atoms with Gasteiger partial charge in [0.1, 0.15) is 11.5 Å². The first-order chi connectivity index (χ1) is 16.5. The van der Waals surface area contributed by atoms with E-state index < -0.39 is 17.7 Å². The number of Topliss-reactive ketones (excluding diaryl/α,β-unsaturated/α-hetero) is 1. The number of methoxy groups -OCH3 is 1. The third-order valence-corrected chi connectivity index (χ3v) is 6.25. The smallest absolute Gasteiger partial charge is 0.300 e. The van der Waals surface area contributed by atoms with E-state index in [1.54, 1.807) is 55.6 Å². The number of ketones is 1. The van der Waals surface area contributed by atoms with Gasteiger partial charge in [-0.3, -0.25) is 14.5 Å². The zero-order valence-corrected chi connectivity index (χ0v) is 19.0. The third-order valence-electron chi connectivity index (χ3n) is 6.01. The van der Waals surface area contributed by atoms with Crippen LogP contribution in [0.25, 0.3) is 16.5 Å². The van der Waals surface area contributed by atoms with Gasteiger partial charge in [0.2, 0.25) is 0 Å². The fourth-order valence-corrected chi connectivity index (χ4v) is 4.61. The Morgan fingerprint density at radius 2 is 1.62 bits per heavy atom. The molecule has 0 aliphatic carbocycles. The van der Waals surface area contributed by atoms with Crippen LogP contribution in [0.3, 0.4) is 0 Å². The summed E-state index contributed by atoms with van der Waals surface area (Å²) in [7, 11) is 1.56. The van der Waals surface area contributed by atoms with E-state index in [0.29, 0.717) is 22.0 Å². The highest BCUT2D eigenvalue weighted by Gasteiger charge is 2.47. The quantitative estimate of drug-likeness (QED) is 0.222. The first-order valence-electron chi connectivity index (χ1n) is 10.7. The fraction of sp³-hybridized carbons (Fsp3) is 0.0714. The second kappa shape index (κ2) is 8.69. The van der Waals surface area contributed by atoms with Gasteiger partial charge in [-0.1, -0.05) is 66.2 Å². The number of hydrogen-bond donors (Lipinski definition) is 1. The van der Waals surface area contributed by atoms with E-state index >= 15 is 0 Å². The molecule has 1 amide bonds. The van der Waals surface area contributed by atoms with Crippen LogP contribution in [-0.2, 0) is 9.59 Å². The molecule has 1 heterocycles. The Hall–Kier alpha value is -4.09. The van der Waals surface area contributed by atoms with Crippen molar-refractivity contribution in [2.75, 3.05) is 12.0 Å². The molecule has 1 aliphatic rings. The van der Waals surface area contributed by atoms with E-state index in [-0.39, 0.29) is 11.3 Å². The van der Waals surface area contributed by atoms with Gasteiger partial charge in [-0.05, 0) is 52.7 Å². The summed E-state index contributed by atoms with van der Waals surface area (Å²) in [5, 5.41) is 13.5. The van der Waals surface area contributed by atoms with Crippen molar-refractivity contribution in [2.45, 2.75) is 6.04 Å². The molecule has 1 atom stereocenters. The molecule has 5 nitrogen and oxygen atoms in total. The number of hydrogen-bond acceptors (Lipinski definition) is 4. The lowest BCUT2D eigenvalue weighted by molar-refractivity contribution is -0.132. The number of aliphatic hydroxyl groups is 1. The highest BCUT2D eigenvalue weighted by atomic mass is 35.5. The van der Waals surface area contributed by atoms with Gasteiger partial charge in [0.25, 0.3) is 11.7 Å². The number of amides is 1. The molecule has 0 saturated carbocycles. The van der Waals surface area contributed by atoms with Gasteiger partial charge >= 0.3 is 0 Å². The number of fused-ring (bicyclic) bond motifs is 1. The molecule has 0 aromatic heterocycles. The zero-order valence-electron chi connectivity index (χ0n) is 18.2. The van der Waals surface area contributed by atoms with E-state index in [1.165, 1.54) is 4.90 Å². The van der Waals surface area contributed by atoms with Crippen molar-refractivity contribution in [1.82, 2.24) is 0 Å². The van der Waals surface area contributed by atoms with E-state index in [4.69, 9.17) is 16.3 Å². The highest BCUT2D eigenvalue weighted by molar-refractivity contribution is 6.52. The summed E-state index contributed by atoms with van der Waals surface area (Å²) in [5.74, 6) is -1.12. The lowest BCUT2D eigenvalue weighted by Gasteiger charge is -2.26. The predicted molar refractivity (Wildman–Crippen MR) is 133 cm³/mol. The number of benzene rings is 4. The lowest BCUT2D eigenvalue weighted by atomic mass is 9.91. The molecule has 0 bridgehead atoms. The fourth-order valence-electron chi connectivity index (χ4n) is 4.42. The summed E-state index contributed by atoms with van der Waals surface area (Å²) in [6.45, 7) is 0. The van der Waals surface area contributed by atoms with Gasteiger partial charge in [0.15, 0.2) is 0 Å². The Kier molecular flexibility index (Phi) is 5.56. The minimum atomic E-state index is -0.835. The van der Waals surface area contributed by atoms with Crippen molar-refractivity contribution in [3.63, 3.8) is 0 Å². The van der Waals surface area contributed by atoms with Crippen molar-refractivity contribution in [1.29, 1.82) is 0 Å². The minimum absolute atomic E-state index is 0.0134. The topological polar surface area (TPSA) is 66.8 Å². The summed E-state index contributed by atoms with van der Waals surface area (Å²) in [6.07, 6.45) is 0. The number of aliphatic hydroxyl groups excluding tert-OH is 1. The number of carbonyl (C=O) groups excluding carboxylic acids is 2. The van der Waals surface area contributed by atoms with Gasteiger partial charge < -0.3 is 9.84 Å². The maximum absolute atomic E-state index is 13.4. The Balaban J connectivity index is 1.79. The number of halogens is 1. The largest absolute Gasteiger partial charge is 0.507 e. The van der Waals surface area contributed by atoms with Crippen molar-refractivity contribution in [3.8, 4) is 5.75 Å². The van der Waals surface area contributed by atoms with Crippen LogP contribution in [0.2, 0.25) is 5.02 Å². The van der Waals surface area contributed by atoms with Crippen LogP contribution in [0.15, 0.2) is 96.6 Å². The standard InChI is InChI=1S/C28H20ClNO4/c1-34-21-14-12-20(13-15-21)30-25(23-11-5-7-17-6-2-3-10-22(17)23)24(27(32)28(30)33)26(31)18-8-4-9-19(29)16-18/h2-16,25,31H,1H3/b26-24-. The number of nitrogens with zero attached hydrogens (tertiary/aromatic N) is 1. The molecule has 0 radical (unpaired) electrons. The Bertz CT molecular complexity index is 1450. The van der Waals surface area contributed by atoms with Gasteiger partial charge in [-0.25, -0.2) is 0 Å². The summed E-state index contributed by atoms with van der Waals surface area (Å²) in [4.78, 5) is 28.2. The molecule has 4 aromatic carbocycles. The maximum Gasteiger partial charge on any atom is 0.300 e. The molecule has 1 unspecified atom stereocenters. The average molecular weight is 470 g/mol. The predicted octanol–water partition coefficient (Wildman–Crippen LogP) is 6.13. The van der Waals surface area contributed by atoms with E-state index in [9.17, 15) is 14.7 Å². The summed E-state index contributed by atoms with van der Waals surface area (Å²) in [5.41, 5.74) is 1.63.